The molecule has 0 N–H and O–H groups in total. The molecule has 1 aromatic heterocycles. The number of hydrogen-bond donors (Lipinski definition) is 0. The number of rotatable bonds is 9. The number of carbonyl (C=O) groups excluding carboxylic acids is 5. The van der Waals surface area contributed by atoms with Crippen molar-refractivity contribution in [1.82, 2.24) is 4.57 Å². The maximum absolute atomic E-state index is 14.0. The zero-order valence-corrected chi connectivity index (χ0v) is 29.2. The molecule has 0 unspecified atom stereocenters. The molecule has 0 spiro atoms. The van der Waals surface area contributed by atoms with E-state index in [1.165, 1.54) is 18.4 Å². The van der Waals surface area contributed by atoms with Gasteiger partial charge in [-0.3, -0.25) is 24.0 Å². The lowest BCUT2D eigenvalue weighted by Gasteiger charge is -2.45. The third-order valence-corrected chi connectivity index (χ3v) is 8.60. The van der Waals surface area contributed by atoms with Crippen molar-refractivity contribution in [2.75, 3.05) is 6.61 Å². The van der Waals surface area contributed by atoms with Crippen molar-refractivity contribution < 1.29 is 47.7 Å². The van der Waals surface area contributed by atoms with Gasteiger partial charge in [0.1, 0.15) is 23.4 Å². The van der Waals surface area contributed by atoms with Gasteiger partial charge in [0.2, 0.25) is 0 Å². The SMILES string of the molecule is CC(=O)OC[C@@H]1O[C@H](n2c(-c3ccccc3)c(C(C)=O)c(-c3cccc4ccccc34)c(C#N)c2=S)[C@@H](OC(C)=O)[C@H](OC(C)=O)[C@@H]1OC(C)=O. The molecular weight excluding hydrogens is 676 g/mol. The Hall–Kier alpha value is -5.71. The molecule has 262 valence electrons. The molecule has 1 aliphatic heterocycles. The van der Waals surface area contributed by atoms with Crippen LogP contribution in [0.25, 0.3) is 33.2 Å². The molecule has 2 heterocycles. The van der Waals surface area contributed by atoms with Crippen LogP contribution in [0.1, 0.15) is 56.8 Å². The maximum Gasteiger partial charge on any atom is 0.303 e. The van der Waals surface area contributed by atoms with Gasteiger partial charge in [0.15, 0.2) is 30.3 Å². The van der Waals surface area contributed by atoms with Crippen molar-refractivity contribution in [2.45, 2.75) is 65.3 Å². The zero-order chi connectivity index (χ0) is 37.0. The smallest absolute Gasteiger partial charge is 0.303 e. The average molecular weight is 711 g/mol. The molecule has 0 amide bonds. The Balaban J connectivity index is 1.93. The van der Waals surface area contributed by atoms with Crippen LogP contribution in [0.15, 0.2) is 72.8 Å². The third kappa shape index (κ3) is 7.57. The van der Waals surface area contributed by atoms with Gasteiger partial charge < -0.3 is 28.3 Å². The van der Waals surface area contributed by atoms with Gasteiger partial charge >= 0.3 is 23.9 Å². The summed E-state index contributed by atoms with van der Waals surface area (Å²) < 4.78 is 30.1. The van der Waals surface area contributed by atoms with E-state index in [4.69, 9.17) is 35.9 Å². The van der Waals surface area contributed by atoms with E-state index in [2.05, 4.69) is 6.07 Å². The number of pyridine rings is 1. The number of ether oxygens (including phenoxy) is 5. The van der Waals surface area contributed by atoms with Crippen molar-refractivity contribution >= 4 is 52.7 Å². The topological polar surface area (TPSA) is 160 Å². The number of ketones is 1. The van der Waals surface area contributed by atoms with Crippen LogP contribution in [0.5, 0.6) is 0 Å². The lowest BCUT2D eigenvalue weighted by molar-refractivity contribution is -0.268. The first-order valence-corrected chi connectivity index (χ1v) is 16.3. The number of nitrogens with zero attached hydrogens (tertiary/aromatic N) is 2. The Morgan fingerprint density at radius 1 is 0.765 bits per heavy atom. The van der Waals surface area contributed by atoms with E-state index < -0.39 is 66.9 Å². The van der Waals surface area contributed by atoms with Crippen LogP contribution in [0.4, 0.5) is 0 Å². The molecule has 1 aliphatic rings. The van der Waals surface area contributed by atoms with Gasteiger partial charge in [0, 0.05) is 33.3 Å². The number of aromatic nitrogens is 1. The molecule has 13 heteroatoms. The Kier molecular flexibility index (Phi) is 11.1. The van der Waals surface area contributed by atoms with Crippen LogP contribution in [0.3, 0.4) is 0 Å². The Morgan fingerprint density at radius 3 is 1.96 bits per heavy atom. The molecule has 12 nitrogen and oxygen atoms in total. The highest BCUT2D eigenvalue weighted by Crippen LogP contribution is 2.44. The van der Waals surface area contributed by atoms with Gasteiger partial charge in [-0.25, -0.2) is 0 Å². The molecule has 3 aromatic carbocycles. The van der Waals surface area contributed by atoms with Crippen LogP contribution in [0.2, 0.25) is 0 Å². The van der Waals surface area contributed by atoms with E-state index in [1.807, 2.05) is 36.4 Å². The number of Topliss-reactive ketones (excluding diaryl/α,β-unsaturated/α-hetero) is 1. The van der Waals surface area contributed by atoms with Crippen LogP contribution >= 0.6 is 12.2 Å². The van der Waals surface area contributed by atoms with Crippen molar-refractivity contribution in [3.8, 4) is 28.5 Å². The summed E-state index contributed by atoms with van der Waals surface area (Å²) in [6.45, 7) is 5.40. The second kappa shape index (κ2) is 15.5. The van der Waals surface area contributed by atoms with E-state index in [-0.39, 0.29) is 27.0 Å². The number of fused-ring (bicyclic) bond motifs is 1. The fourth-order valence-electron chi connectivity index (χ4n) is 6.39. The highest BCUT2D eigenvalue weighted by Gasteiger charge is 2.53. The summed E-state index contributed by atoms with van der Waals surface area (Å²) in [4.78, 5) is 63.6. The highest BCUT2D eigenvalue weighted by atomic mass is 32.1. The monoisotopic (exact) mass is 710 g/mol. The third-order valence-electron chi connectivity index (χ3n) is 8.20. The van der Waals surface area contributed by atoms with Crippen LogP contribution < -0.4 is 0 Å². The molecular formula is C38H34N2O10S. The highest BCUT2D eigenvalue weighted by molar-refractivity contribution is 7.71. The average Bonchev–Trinajstić information content (AvgIpc) is 3.08. The van der Waals surface area contributed by atoms with E-state index in [0.717, 1.165) is 31.5 Å². The Morgan fingerprint density at radius 2 is 1.35 bits per heavy atom. The molecule has 0 radical (unpaired) electrons. The largest absolute Gasteiger partial charge is 0.463 e. The predicted octanol–water partition coefficient (Wildman–Crippen LogP) is 6.03. The summed E-state index contributed by atoms with van der Waals surface area (Å²) in [5, 5.41) is 12.4. The predicted molar refractivity (Wildman–Crippen MR) is 186 cm³/mol. The molecule has 0 saturated carbocycles. The normalized spacial score (nSPS) is 19.7. The second-order valence-electron chi connectivity index (χ2n) is 11.8. The summed E-state index contributed by atoms with van der Waals surface area (Å²) in [5.74, 6) is -3.54. The van der Waals surface area contributed by atoms with Crippen LogP contribution in [-0.2, 0) is 42.9 Å². The van der Waals surface area contributed by atoms with Crippen molar-refractivity contribution in [1.29, 1.82) is 5.26 Å². The van der Waals surface area contributed by atoms with E-state index in [0.29, 0.717) is 11.1 Å². The van der Waals surface area contributed by atoms with E-state index >= 15 is 0 Å². The lowest BCUT2D eigenvalue weighted by Crippen LogP contribution is -2.60. The second-order valence-corrected chi connectivity index (χ2v) is 12.2. The minimum atomic E-state index is -1.56. The summed E-state index contributed by atoms with van der Waals surface area (Å²) in [6, 6.07) is 24.0. The molecule has 0 aliphatic carbocycles. The summed E-state index contributed by atoms with van der Waals surface area (Å²) in [6.07, 6.45) is -7.36. The summed E-state index contributed by atoms with van der Waals surface area (Å²) >= 11 is 6.08. The van der Waals surface area contributed by atoms with Gasteiger partial charge in [-0.15, -0.1) is 0 Å². The molecule has 4 aromatic rings. The minimum Gasteiger partial charge on any atom is -0.463 e. The molecule has 1 saturated heterocycles. The number of benzene rings is 3. The first-order chi connectivity index (χ1) is 24.3. The van der Waals surface area contributed by atoms with Crippen LogP contribution in [-0.4, -0.2) is 65.3 Å². The number of esters is 4. The fourth-order valence-corrected chi connectivity index (χ4v) is 6.73. The van der Waals surface area contributed by atoms with Gasteiger partial charge in [-0.1, -0.05) is 85.0 Å². The van der Waals surface area contributed by atoms with Crippen molar-refractivity contribution in [3.05, 3.63) is 88.6 Å². The Bertz CT molecular complexity index is 2130. The van der Waals surface area contributed by atoms with Crippen LogP contribution in [0, 0.1) is 16.0 Å². The zero-order valence-electron chi connectivity index (χ0n) is 28.4. The standard InChI is InChI=1S/C38H34N2O10S/c1-20(41)31-32(28-17-11-15-25-12-9-10-16-27(25)28)29(18-39)38(51)40(33(31)26-13-7-6-8-14-26)37-36(49-24(5)45)35(48-23(4)44)34(47-22(3)43)30(50-37)19-46-21(2)42/h6-17,30,34-37H,19H2,1-5H3/t30-,34+,35+,36-,37-/m0/s1. The molecule has 5 rings (SSSR count). The minimum absolute atomic E-state index is 0.0564. The summed E-state index contributed by atoms with van der Waals surface area (Å²) in [7, 11) is 0. The first kappa shape index (κ1) is 36.6. The van der Waals surface area contributed by atoms with Crippen molar-refractivity contribution in [2.24, 2.45) is 0 Å². The van der Waals surface area contributed by atoms with E-state index in [9.17, 15) is 29.2 Å². The van der Waals surface area contributed by atoms with Gasteiger partial charge in [0.25, 0.3) is 0 Å². The first-order valence-electron chi connectivity index (χ1n) is 15.9. The number of carbonyl (C=O) groups is 5. The molecule has 5 atom stereocenters. The summed E-state index contributed by atoms with van der Waals surface area (Å²) in [5.41, 5.74) is 1.59. The fraction of sp³-hybridized carbons (Fsp3) is 0.289. The molecule has 0 bridgehead atoms. The van der Waals surface area contributed by atoms with Gasteiger partial charge in [-0.2, -0.15) is 5.26 Å². The lowest BCUT2D eigenvalue weighted by atomic mass is 9.87. The van der Waals surface area contributed by atoms with Crippen molar-refractivity contribution in [3.63, 3.8) is 0 Å². The number of hydrogen-bond acceptors (Lipinski definition) is 12. The molecule has 51 heavy (non-hydrogen) atoms. The number of nitriles is 1. The van der Waals surface area contributed by atoms with Gasteiger partial charge in [-0.05, 0) is 28.8 Å². The maximum atomic E-state index is 14.0. The quantitative estimate of drug-likeness (QED) is 0.0860. The van der Waals surface area contributed by atoms with E-state index in [1.54, 1.807) is 36.4 Å². The van der Waals surface area contributed by atoms with Gasteiger partial charge in [0.05, 0.1) is 16.8 Å². The molecule has 1 fully saturated rings. The Labute approximate surface area is 298 Å².